The van der Waals surface area contributed by atoms with Crippen molar-refractivity contribution in [2.45, 2.75) is 58.5 Å². The summed E-state index contributed by atoms with van der Waals surface area (Å²) in [4.78, 5) is 14.9. The zero-order valence-corrected chi connectivity index (χ0v) is 13.4. The average Bonchev–Trinajstić information content (AvgIpc) is 3.28. The van der Waals surface area contributed by atoms with Crippen molar-refractivity contribution < 1.29 is 4.79 Å². The SMILES string of the molecule is CCCCN(C1CC1)C(C)C(=O)Nc1cccc(N)c1C. The van der Waals surface area contributed by atoms with Gasteiger partial charge in [-0.15, -0.1) is 0 Å². The average molecular weight is 289 g/mol. The van der Waals surface area contributed by atoms with Crippen molar-refractivity contribution in [3.8, 4) is 0 Å². The topological polar surface area (TPSA) is 58.4 Å². The van der Waals surface area contributed by atoms with Gasteiger partial charge < -0.3 is 11.1 Å². The minimum atomic E-state index is -0.0927. The van der Waals surface area contributed by atoms with Crippen LogP contribution in [0.15, 0.2) is 18.2 Å². The van der Waals surface area contributed by atoms with Crippen LogP contribution in [0.1, 0.15) is 45.1 Å². The highest BCUT2D eigenvalue weighted by molar-refractivity contribution is 5.95. The van der Waals surface area contributed by atoms with E-state index in [9.17, 15) is 4.79 Å². The second-order valence-electron chi connectivity index (χ2n) is 6.01. The number of benzene rings is 1. The van der Waals surface area contributed by atoms with Crippen LogP contribution in [0.3, 0.4) is 0 Å². The molecule has 1 aromatic rings. The van der Waals surface area contributed by atoms with E-state index in [0.29, 0.717) is 11.7 Å². The molecule has 1 saturated carbocycles. The highest BCUT2D eigenvalue weighted by Crippen LogP contribution is 2.29. The molecule has 4 heteroatoms. The zero-order valence-electron chi connectivity index (χ0n) is 13.4. The van der Waals surface area contributed by atoms with Crippen LogP contribution in [-0.2, 0) is 4.79 Å². The highest BCUT2D eigenvalue weighted by atomic mass is 16.2. The van der Waals surface area contributed by atoms with Crippen LogP contribution in [0.25, 0.3) is 0 Å². The van der Waals surface area contributed by atoms with Gasteiger partial charge in [0.25, 0.3) is 0 Å². The van der Waals surface area contributed by atoms with E-state index in [0.717, 1.165) is 30.6 Å². The van der Waals surface area contributed by atoms with Crippen LogP contribution < -0.4 is 11.1 Å². The number of carbonyl (C=O) groups is 1. The van der Waals surface area contributed by atoms with E-state index in [1.165, 1.54) is 12.8 Å². The van der Waals surface area contributed by atoms with Crippen LogP contribution in [0.4, 0.5) is 11.4 Å². The van der Waals surface area contributed by atoms with E-state index in [1.54, 1.807) is 0 Å². The van der Waals surface area contributed by atoms with Crippen LogP contribution in [-0.4, -0.2) is 29.4 Å². The predicted molar refractivity (Wildman–Crippen MR) is 88.3 cm³/mol. The minimum Gasteiger partial charge on any atom is -0.398 e. The van der Waals surface area contributed by atoms with Crippen molar-refractivity contribution in [1.29, 1.82) is 0 Å². The number of nitrogens with zero attached hydrogens (tertiary/aromatic N) is 1. The normalized spacial score (nSPS) is 16.0. The predicted octanol–water partition coefficient (Wildman–Crippen LogP) is 3.17. The quantitative estimate of drug-likeness (QED) is 0.758. The number of nitrogens with two attached hydrogens (primary N) is 1. The Morgan fingerprint density at radius 2 is 2.19 bits per heavy atom. The molecule has 0 saturated heterocycles. The van der Waals surface area contributed by atoms with Gasteiger partial charge in [-0.25, -0.2) is 0 Å². The molecule has 0 aliphatic heterocycles. The van der Waals surface area contributed by atoms with Gasteiger partial charge in [-0.2, -0.15) is 0 Å². The molecule has 0 spiro atoms. The van der Waals surface area contributed by atoms with Crippen LogP contribution in [0.2, 0.25) is 0 Å². The lowest BCUT2D eigenvalue weighted by molar-refractivity contribution is -0.121. The smallest absolute Gasteiger partial charge is 0.241 e. The molecule has 1 atom stereocenters. The second kappa shape index (κ2) is 6.94. The summed E-state index contributed by atoms with van der Waals surface area (Å²) in [5, 5.41) is 3.03. The number of anilines is 2. The number of rotatable bonds is 7. The number of amides is 1. The summed E-state index contributed by atoms with van der Waals surface area (Å²) in [6.45, 7) is 7.13. The van der Waals surface area contributed by atoms with Crippen molar-refractivity contribution in [3.63, 3.8) is 0 Å². The summed E-state index contributed by atoms with van der Waals surface area (Å²) in [6, 6.07) is 6.14. The molecule has 1 unspecified atom stereocenters. The Morgan fingerprint density at radius 1 is 1.48 bits per heavy atom. The summed E-state index contributed by atoms with van der Waals surface area (Å²) < 4.78 is 0. The van der Waals surface area contributed by atoms with Crippen molar-refractivity contribution in [2.24, 2.45) is 0 Å². The van der Waals surface area contributed by atoms with E-state index in [1.807, 2.05) is 32.0 Å². The van der Waals surface area contributed by atoms with Gasteiger partial charge in [0.15, 0.2) is 0 Å². The van der Waals surface area contributed by atoms with E-state index in [-0.39, 0.29) is 11.9 Å². The second-order valence-corrected chi connectivity index (χ2v) is 6.01. The Morgan fingerprint density at radius 3 is 2.81 bits per heavy atom. The lowest BCUT2D eigenvalue weighted by Crippen LogP contribution is -2.44. The van der Waals surface area contributed by atoms with Crippen molar-refractivity contribution >= 4 is 17.3 Å². The van der Waals surface area contributed by atoms with Gasteiger partial charge in [-0.1, -0.05) is 19.4 Å². The molecule has 1 amide bonds. The Hall–Kier alpha value is -1.55. The first kappa shape index (κ1) is 15.8. The number of hydrogen-bond acceptors (Lipinski definition) is 3. The summed E-state index contributed by atoms with van der Waals surface area (Å²) >= 11 is 0. The van der Waals surface area contributed by atoms with E-state index in [4.69, 9.17) is 5.73 Å². The molecule has 2 rings (SSSR count). The molecular formula is C17H27N3O. The van der Waals surface area contributed by atoms with Gasteiger partial charge >= 0.3 is 0 Å². The first-order valence-electron chi connectivity index (χ1n) is 7.96. The van der Waals surface area contributed by atoms with Crippen molar-refractivity contribution in [1.82, 2.24) is 4.90 Å². The summed E-state index contributed by atoms with van der Waals surface area (Å²) in [5.74, 6) is 0.0618. The molecule has 0 aromatic heterocycles. The Balaban J connectivity index is 2.02. The molecule has 1 aliphatic rings. The molecule has 1 fully saturated rings. The highest BCUT2D eigenvalue weighted by Gasteiger charge is 2.34. The van der Waals surface area contributed by atoms with Crippen LogP contribution in [0.5, 0.6) is 0 Å². The Kier molecular flexibility index (Phi) is 5.23. The first-order chi connectivity index (χ1) is 10.0. The van der Waals surface area contributed by atoms with E-state index in [2.05, 4.69) is 17.1 Å². The largest absolute Gasteiger partial charge is 0.398 e. The number of carbonyl (C=O) groups excluding carboxylic acids is 1. The fourth-order valence-electron chi connectivity index (χ4n) is 2.62. The standard InChI is InChI=1S/C17H27N3O/c1-4-5-11-20(14-9-10-14)13(3)17(21)19-16-8-6-7-15(18)12(16)2/h6-8,13-14H,4-5,9-11,18H2,1-3H3,(H,19,21). The molecule has 21 heavy (non-hydrogen) atoms. The van der Waals surface area contributed by atoms with Gasteiger partial charge in [0, 0.05) is 17.4 Å². The third-order valence-electron chi connectivity index (χ3n) is 4.30. The third-order valence-corrected chi connectivity index (χ3v) is 4.30. The number of nitrogens with one attached hydrogen (secondary N) is 1. The molecule has 1 aliphatic carbocycles. The van der Waals surface area contributed by atoms with Crippen molar-refractivity contribution in [2.75, 3.05) is 17.6 Å². The van der Waals surface area contributed by atoms with Gasteiger partial charge in [0.05, 0.1) is 6.04 Å². The molecular weight excluding hydrogens is 262 g/mol. The molecule has 116 valence electrons. The number of nitrogen functional groups attached to an aromatic ring is 1. The van der Waals surface area contributed by atoms with Crippen LogP contribution in [0, 0.1) is 6.92 Å². The maximum Gasteiger partial charge on any atom is 0.241 e. The lowest BCUT2D eigenvalue weighted by Gasteiger charge is -2.28. The fourth-order valence-corrected chi connectivity index (χ4v) is 2.62. The summed E-state index contributed by atoms with van der Waals surface area (Å²) in [7, 11) is 0. The Labute approximate surface area is 127 Å². The van der Waals surface area contributed by atoms with Gasteiger partial charge in [-0.05, 0) is 57.4 Å². The molecule has 0 bridgehead atoms. The van der Waals surface area contributed by atoms with Gasteiger partial charge in [-0.3, -0.25) is 9.69 Å². The number of unbranched alkanes of at least 4 members (excludes halogenated alkanes) is 1. The monoisotopic (exact) mass is 289 g/mol. The van der Waals surface area contributed by atoms with E-state index < -0.39 is 0 Å². The third kappa shape index (κ3) is 3.97. The summed E-state index contributed by atoms with van der Waals surface area (Å²) in [6.07, 6.45) is 4.74. The fraction of sp³-hybridized carbons (Fsp3) is 0.588. The van der Waals surface area contributed by atoms with Gasteiger partial charge in [0.2, 0.25) is 5.91 Å². The lowest BCUT2D eigenvalue weighted by atomic mass is 10.1. The maximum absolute atomic E-state index is 12.5. The molecule has 3 N–H and O–H groups in total. The first-order valence-corrected chi connectivity index (χ1v) is 7.96. The van der Waals surface area contributed by atoms with E-state index >= 15 is 0 Å². The van der Waals surface area contributed by atoms with Gasteiger partial charge in [0.1, 0.15) is 0 Å². The molecule has 4 nitrogen and oxygen atoms in total. The maximum atomic E-state index is 12.5. The molecule has 0 radical (unpaired) electrons. The summed E-state index contributed by atoms with van der Waals surface area (Å²) in [5.41, 5.74) is 8.36. The zero-order chi connectivity index (χ0) is 15.4. The van der Waals surface area contributed by atoms with Crippen LogP contribution >= 0.6 is 0 Å². The minimum absolute atomic E-state index is 0.0618. The Bertz CT molecular complexity index is 497. The molecule has 0 heterocycles. The van der Waals surface area contributed by atoms with Crippen molar-refractivity contribution in [3.05, 3.63) is 23.8 Å². The molecule has 1 aromatic carbocycles. The number of hydrogen-bond donors (Lipinski definition) is 2.